The van der Waals surface area contributed by atoms with Crippen LogP contribution in [0.3, 0.4) is 0 Å². The SMILES string of the molecule is COC1CCN(CC(C(C)C)N(C)C(=O)c2ccc(F)c(C)c2)CC1. The first-order valence-corrected chi connectivity index (χ1v) is 9.12. The van der Waals surface area contributed by atoms with Crippen molar-refractivity contribution in [2.24, 2.45) is 5.92 Å². The second-order valence-electron chi connectivity index (χ2n) is 7.43. The minimum absolute atomic E-state index is 0.0476. The molecule has 0 aliphatic carbocycles. The van der Waals surface area contributed by atoms with Crippen molar-refractivity contribution < 1.29 is 13.9 Å². The number of likely N-dealkylation sites (N-methyl/N-ethyl adjacent to an activating group) is 1. The number of rotatable bonds is 6. The number of ether oxygens (including phenoxy) is 1. The number of carbonyl (C=O) groups excluding carboxylic acids is 1. The summed E-state index contributed by atoms with van der Waals surface area (Å²) in [7, 11) is 3.63. The number of aryl methyl sites for hydroxylation is 1. The van der Waals surface area contributed by atoms with Gasteiger partial charge in [-0.3, -0.25) is 4.79 Å². The van der Waals surface area contributed by atoms with Crippen LogP contribution in [0.4, 0.5) is 4.39 Å². The fourth-order valence-corrected chi connectivity index (χ4v) is 3.50. The van der Waals surface area contributed by atoms with Crippen molar-refractivity contribution >= 4 is 5.91 Å². The highest BCUT2D eigenvalue weighted by Crippen LogP contribution is 2.19. The van der Waals surface area contributed by atoms with Crippen molar-refractivity contribution in [2.45, 2.75) is 45.8 Å². The Balaban J connectivity index is 2.05. The van der Waals surface area contributed by atoms with Crippen molar-refractivity contribution in [3.8, 4) is 0 Å². The van der Waals surface area contributed by atoms with Crippen LogP contribution in [0.5, 0.6) is 0 Å². The molecule has 1 heterocycles. The fraction of sp³-hybridized carbons (Fsp3) is 0.650. The summed E-state index contributed by atoms with van der Waals surface area (Å²) in [6, 6.07) is 4.70. The van der Waals surface area contributed by atoms with Gasteiger partial charge in [0.1, 0.15) is 5.82 Å². The van der Waals surface area contributed by atoms with Crippen LogP contribution in [0, 0.1) is 18.7 Å². The second-order valence-corrected chi connectivity index (χ2v) is 7.43. The number of piperidine rings is 1. The fourth-order valence-electron chi connectivity index (χ4n) is 3.50. The number of benzene rings is 1. The molecule has 1 saturated heterocycles. The van der Waals surface area contributed by atoms with Gasteiger partial charge < -0.3 is 14.5 Å². The number of carbonyl (C=O) groups is 1. The van der Waals surface area contributed by atoms with E-state index in [1.54, 1.807) is 26.2 Å². The molecule has 1 aliphatic rings. The van der Waals surface area contributed by atoms with Crippen molar-refractivity contribution in [3.63, 3.8) is 0 Å². The van der Waals surface area contributed by atoms with Crippen molar-refractivity contribution in [2.75, 3.05) is 33.8 Å². The number of methoxy groups -OCH3 is 1. The van der Waals surface area contributed by atoms with Gasteiger partial charge in [0.15, 0.2) is 0 Å². The summed E-state index contributed by atoms with van der Waals surface area (Å²) in [6.45, 7) is 8.83. The molecule has 1 aliphatic heterocycles. The summed E-state index contributed by atoms with van der Waals surface area (Å²) < 4.78 is 18.9. The van der Waals surface area contributed by atoms with Gasteiger partial charge in [0.25, 0.3) is 5.91 Å². The third kappa shape index (κ3) is 5.02. The highest BCUT2D eigenvalue weighted by molar-refractivity contribution is 5.94. The predicted octanol–water partition coefficient (Wildman–Crippen LogP) is 3.34. The molecule has 25 heavy (non-hydrogen) atoms. The van der Waals surface area contributed by atoms with E-state index in [9.17, 15) is 9.18 Å². The molecular weight excluding hydrogens is 319 g/mol. The first-order chi connectivity index (χ1) is 11.8. The van der Waals surface area contributed by atoms with E-state index in [0.29, 0.717) is 23.1 Å². The summed E-state index contributed by atoms with van der Waals surface area (Å²) in [5, 5.41) is 0. The van der Waals surface area contributed by atoms with Gasteiger partial charge in [0.05, 0.1) is 6.10 Å². The molecule has 1 atom stereocenters. The zero-order valence-corrected chi connectivity index (χ0v) is 16.1. The molecule has 140 valence electrons. The smallest absolute Gasteiger partial charge is 0.253 e. The number of amides is 1. The van der Waals surface area contributed by atoms with E-state index in [1.165, 1.54) is 6.07 Å². The molecular formula is C20H31FN2O2. The lowest BCUT2D eigenvalue weighted by atomic mass is 9.99. The molecule has 4 nitrogen and oxygen atoms in total. The summed E-state index contributed by atoms with van der Waals surface area (Å²) in [6.07, 6.45) is 2.43. The van der Waals surface area contributed by atoms with Gasteiger partial charge in [-0.15, -0.1) is 0 Å². The zero-order chi connectivity index (χ0) is 18.6. The normalized spacial score (nSPS) is 17.7. The monoisotopic (exact) mass is 350 g/mol. The summed E-state index contributed by atoms with van der Waals surface area (Å²) in [4.78, 5) is 17.1. The van der Waals surface area contributed by atoms with Gasteiger partial charge >= 0.3 is 0 Å². The number of hydrogen-bond donors (Lipinski definition) is 0. The Morgan fingerprint density at radius 3 is 2.52 bits per heavy atom. The van der Waals surface area contributed by atoms with Gasteiger partial charge in [-0.2, -0.15) is 0 Å². The lowest BCUT2D eigenvalue weighted by molar-refractivity contribution is 0.0271. The van der Waals surface area contributed by atoms with Crippen LogP contribution >= 0.6 is 0 Å². The number of likely N-dealkylation sites (tertiary alicyclic amines) is 1. The maximum absolute atomic E-state index is 13.5. The molecule has 0 aromatic heterocycles. The van der Waals surface area contributed by atoms with Crippen LogP contribution in [0.25, 0.3) is 0 Å². The van der Waals surface area contributed by atoms with E-state index in [1.807, 2.05) is 11.9 Å². The molecule has 1 amide bonds. The van der Waals surface area contributed by atoms with Gasteiger partial charge in [0.2, 0.25) is 0 Å². The Morgan fingerprint density at radius 1 is 1.36 bits per heavy atom. The van der Waals surface area contributed by atoms with Crippen LogP contribution in [-0.2, 0) is 4.74 Å². The third-order valence-corrected chi connectivity index (χ3v) is 5.31. The Bertz CT molecular complexity index is 583. The Kier molecular flexibility index (Phi) is 6.96. The third-order valence-electron chi connectivity index (χ3n) is 5.31. The van der Waals surface area contributed by atoms with E-state index >= 15 is 0 Å². The van der Waals surface area contributed by atoms with Crippen LogP contribution in [0.15, 0.2) is 18.2 Å². The Morgan fingerprint density at radius 2 is 2.00 bits per heavy atom. The van der Waals surface area contributed by atoms with Gasteiger partial charge in [-0.05, 0) is 49.4 Å². The average Bonchev–Trinajstić information content (AvgIpc) is 2.61. The number of halogens is 1. The van der Waals surface area contributed by atoms with Crippen molar-refractivity contribution in [1.82, 2.24) is 9.80 Å². The minimum atomic E-state index is -0.277. The summed E-state index contributed by atoms with van der Waals surface area (Å²) in [5.74, 6) is 0.0184. The summed E-state index contributed by atoms with van der Waals surface area (Å²) >= 11 is 0. The molecule has 1 unspecified atom stereocenters. The zero-order valence-electron chi connectivity index (χ0n) is 16.1. The van der Waals surface area contributed by atoms with Crippen LogP contribution in [-0.4, -0.2) is 61.6 Å². The maximum Gasteiger partial charge on any atom is 0.253 e. The van der Waals surface area contributed by atoms with E-state index in [2.05, 4.69) is 18.7 Å². The average molecular weight is 350 g/mol. The lowest BCUT2D eigenvalue weighted by Gasteiger charge is -2.38. The van der Waals surface area contributed by atoms with Crippen molar-refractivity contribution in [1.29, 1.82) is 0 Å². The quantitative estimate of drug-likeness (QED) is 0.789. The Labute approximate surface area is 150 Å². The van der Waals surface area contributed by atoms with Gasteiger partial charge in [-0.1, -0.05) is 13.8 Å². The molecule has 2 rings (SSSR count). The molecule has 1 aromatic carbocycles. The first-order valence-electron chi connectivity index (χ1n) is 9.12. The molecule has 1 aromatic rings. The van der Waals surface area contributed by atoms with Gasteiger partial charge in [-0.25, -0.2) is 4.39 Å². The van der Waals surface area contributed by atoms with E-state index in [0.717, 1.165) is 32.5 Å². The van der Waals surface area contributed by atoms with E-state index in [4.69, 9.17) is 4.74 Å². The van der Waals surface area contributed by atoms with Crippen LogP contribution in [0.2, 0.25) is 0 Å². The number of hydrogen-bond acceptors (Lipinski definition) is 3. The Hall–Kier alpha value is -1.46. The lowest BCUT2D eigenvalue weighted by Crippen LogP contribution is -2.50. The topological polar surface area (TPSA) is 32.8 Å². The highest BCUT2D eigenvalue weighted by Gasteiger charge is 2.28. The van der Waals surface area contributed by atoms with E-state index in [-0.39, 0.29) is 17.8 Å². The highest BCUT2D eigenvalue weighted by atomic mass is 19.1. The summed E-state index contributed by atoms with van der Waals surface area (Å²) in [5.41, 5.74) is 1.05. The predicted molar refractivity (Wildman–Crippen MR) is 98.3 cm³/mol. The molecule has 5 heteroatoms. The maximum atomic E-state index is 13.5. The molecule has 0 radical (unpaired) electrons. The van der Waals surface area contributed by atoms with E-state index < -0.39 is 0 Å². The van der Waals surface area contributed by atoms with Crippen molar-refractivity contribution in [3.05, 3.63) is 35.1 Å². The molecule has 0 N–H and O–H groups in total. The van der Waals surface area contributed by atoms with Crippen LogP contribution < -0.4 is 0 Å². The number of nitrogens with zero attached hydrogens (tertiary/aromatic N) is 2. The van der Waals surface area contributed by atoms with Crippen LogP contribution in [0.1, 0.15) is 42.6 Å². The largest absolute Gasteiger partial charge is 0.381 e. The second kappa shape index (κ2) is 8.77. The first kappa shape index (κ1) is 19.9. The minimum Gasteiger partial charge on any atom is -0.381 e. The molecule has 1 fully saturated rings. The molecule has 0 spiro atoms. The van der Waals surface area contributed by atoms with Gasteiger partial charge in [0, 0.05) is 45.4 Å². The molecule has 0 saturated carbocycles. The molecule has 0 bridgehead atoms. The standard InChI is InChI=1S/C20H31FN2O2/c1-14(2)19(13-23-10-8-17(25-5)9-11-23)22(4)20(24)16-6-7-18(21)15(3)12-16/h6-7,12,14,17,19H,8-11,13H2,1-5H3.